The standard InChI is InChI=1S/C17H19F2N3O3/c1-2-21-7-11(16(23)24)25-10-5-9(18)14(13(19)15(10)21)22-4-3-17(8-22)6-12(17)20/h5,7,12H,2-4,6,8,20H2,1H3,(H,23,24). The summed E-state index contributed by atoms with van der Waals surface area (Å²) in [5.41, 5.74) is 5.92. The maximum atomic E-state index is 15.2. The molecule has 2 atom stereocenters. The molecule has 1 saturated heterocycles. The average molecular weight is 351 g/mol. The maximum absolute atomic E-state index is 15.2. The van der Waals surface area contributed by atoms with Crippen molar-refractivity contribution in [3.05, 3.63) is 29.7 Å². The second-order valence-corrected chi connectivity index (χ2v) is 6.90. The number of carbonyl (C=O) groups is 1. The van der Waals surface area contributed by atoms with Gasteiger partial charge < -0.3 is 25.4 Å². The Hall–Kier alpha value is -2.35. The Bertz CT molecular complexity index is 798. The number of carboxylic acid groups (broad SMARTS) is 1. The van der Waals surface area contributed by atoms with Crippen molar-refractivity contribution in [1.29, 1.82) is 0 Å². The molecule has 1 aromatic rings. The summed E-state index contributed by atoms with van der Waals surface area (Å²) >= 11 is 0. The highest BCUT2D eigenvalue weighted by Crippen LogP contribution is 2.53. The summed E-state index contributed by atoms with van der Waals surface area (Å²) in [7, 11) is 0. The number of hydrogen-bond acceptors (Lipinski definition) is 5. The van der Waals surface area contributed by atoms with Crippen LogP contribution in [-0.4, -0.2) is 36.8 Å². The maximum Gasteiger partial charge on any atom is 0.373 e. The number of nitrogens with two attached hydrogens (primary N) is 1. The molecule has 2 unspecified atom stereocenters. The third kappa shape index (κ3) is 2.35. The second kappa shape index (κ2) is 5.32. The number of rotatable bonds is 3. The van der Waals surface area contributed by atoms with Gasteiger partial charge in [0.2, 0.25) is 5.76 Å². The lowest BCUT2D eigenvalue weighted by molar-refractivity contribution is -0.135. The number of halogens is 2. The van der Waals surface area contributed by atoms with Crippen LogP contribution in [0.1, 0.15) is 19.8 Å². The van der Waals surface area contributed by atoms with Crippen LogP contribution in [0.15, 0.2) is 18.0 Å². The molecule has 25 heavy (non-hydrogen) atoms. The zero-order valence-electron chi connectivity index (χ0n) is 13.8. The van der Waals surface area contributed by atoms with E-state index in [1.807, 2.05) is 0 Å². The first-order valence-corrected chi connectivity index (χ1v) is 8.28. The summed E-state index contributed by atoms with van der Waals surface area (Å²) in [6, 6.07) is 1.15. The van der Waals surface area contributed by atoms with E-state index in [9.17, 15) is 9.18 Å². The summed E-state index contributed by atoms with van der Waals surface area (Å²) < 4.78 is 35.0. The highest BCUT2D eigenvalue weighted by atomic mass is 19.1. The molecule has 134 valence electrons. The fourth-order valence-corrected chi connectivity index (χ4v) is 3.85. The van der Waals surface area contributed by atoms with E-state index in [4.69, 9.17) is 15.6 Å². The first kappa shape index (κ1) is 16.1. The molecule has 0 bridgehead atoms. The number of ether oxygens (including phenoxy) is 1. The van der Waals surface area contributed by atoms with Crippen LogP contribution in [0.2, 0.25) is 0 Å². The molecule has 8 heteroatoms. The quantitative estimate of drug-likeness (QED) is 0.868. The average Bonchev–Trinajstić information content (AvgIpc) is 2.99. The molecule has 1 saturated carbocycles. The normalized spacial score (nSPS) is 27.2. The van der Waals surface area contributed by atoms with Gasteiger partial charge in [0, 0.05) is 37.2 Å². The van der Waals surface area contributed by atoms with Gasteiger partial charge in [0.05, 0.1) is 6.20 Å². The monoisotopic (exact) mass is 351 g/mol. The van der Waals surface area contributed by atoms with Crippen LogP contribution in [0.5, 0.6) is 5.75 Å². The van der Waals surface area contributed by atoms with E-state index in [1.165, 1.54) is 11.1 Å². The molecule has 6 nitrogen and oxygen atoms in total. The van der Waals surface area contributed by atoms with Crippen molar-refractivity contribution < 1.29 is 23.4 Å². The highest BCUT2D eigenvalue weighted by Gasteiger charge is 2.56. The summed E-state index contributed by atoms with van der Waals surface area (Å²) in [5, 5.41) is 9.10. The van der Waals surface area contributed by atoms with Gasteiger partial charge in [-0.25, -0.2) is 13.6 Å². The van der Waals surface area contributed by atoms with Gasteiger partial charge >= 0.3 is 5.97 Å². The lowest BCUT2D eigenvalue weighted by Gasteiger charge is -2.30. The lowest BCUT2D eigenvalue weighted by atomic mass is 10.1. The van der Waals surface area contributed by atoms with Gasteiger partial charge in [0.1, 0.15) is 11.4 Å². The van der Waals surface area contributed by atoms with Crippen LogP contribution < -0.4 is 20.3 Å². The van der Waals surface area contributed by atoms with E-state index >= 15 is 4.39 Å². The summed E-state index contributed by atoms with van der Waals surface area (Å²) in [4.78, 5) is 14.3. The molecule has 1 aliphatic carbocycles. The zero-order valence-corrected chi connectivity index (χ0v) is 13.8. The van der Waals surface area contributed by atoms with Gasteiger partial charge in [0.15, 0.2) is 17.4 Å². The molecular formula is C17H19F2N3O3. The molecule has 2 fully saturated rings. The van der Waals surface area contributed by atoms with Crippen molar-refractivity contribution in [2.24, 2.45) is 11.1 Å². The Morgan fingerprint density at radius 3 is 2.76 bits per heavy atom. The van der Waals surface area contributed by atoms with Crippen molar-refractivity contribution in [3.8, 4) is 5.75 Å². The van der Waals surface area contributed by atoms with E-state index in [-0.39, 0.29) is 34.3 Å². The van der Waals surface area contributed by atoms with Gasteiger partial charge in [-0.05, 0) is 19.8 Å². The van der Waals surface area contributed by atoms with Crippen LogP contribution >= 0.6 is 0 Å². The van der Waals surface area contributed by atoms with Crippen molar-refractivity contribution in [2.45, 2.75) is 25.8 Å². The number of benzene rings is 1. The fraction of sp³-hybridized carbons (Fsp3) is 0.471. The predicted molar refractivity (Wildman–Crippen MR) is 87.6 cm³/mol. The third-order valence-corrected chi connectivity index (χ3v) is 5.42. The van der Waals surface area contributed by atoms with Crippen LogP contribution in [0, 0.1) is 17.0 Å². The highest BCUT2D eigenvalue weighted by molar-refractivity contribution is 5.87. The molecule has 3 N–H and O–H groups in total. The van der Waals surface area contributed by atoms with Crippen molar-refractivity contribution in [1.82, 2.24) is 0 Å². The van der Waals surface area contributed by atoms with Crippen molar-refractivity contribution in [3.63, 3.8) is 0 Å². The van der Waals surface area contributed by atoms with Crippen LogP contribution in [0.4, 0.5) is 20.2 Å². The lowest BCUT2D eigenvalue weighted by Crippen LogP contribution is -2.29. The Balaban J connectivity index is 1.75. The smallest absolute Gasteiger partial charge is 0.373 e. The Morgan fingerprint density at radius 2 is 2.20 bits per heavy atom. The van der Waals surface area contributed by atoms with Gasteiger partial charge in [-0.1, -0.05) is 0 Å². The van der Waals surface area contributed by atoms with Crippen LogP contribution in [0.25, 0.3) is 0 Å². The molecule has 0 aromatic heterocycles. The van der Waals surface area contributed by atoms with Gasteiger partial charge in [-0.15, -0.1) is 0 Å². The predicted octanol–water partition coefficient (Wildman–Crippen LogP) is 2.04. The number of nitrogens with zero attached hydrogens (tertiary/aromatic N) is 2. The SMILES string of the molecule is CCN1C=C(C(=O)O)Oc2cc(F)c(N3CCC4(CC4N)C3)c(F)c21. The third-order valence-electron chi connectivity index (χ3n) is 5.42. The summed E-state index contributed by atoms with van der Waals surface area (Å²) in [6.45, 7) is 3.15. The Labute approximate surface area is 143 Å². The topological polar surface area (TPSA) is 79.0 Å². The van der Waals surface area contributed by atoms with E-state index in [2.05, 4.69) is 0 Å². The molecule has 1 spiro atoms. The summed E-state index contributed by atoms with van der Waals surface area (Å²) in [6.07, 6.45) is 2.92. The molecule has 3 aliphatic rings. The van der Waals surface area contributed by atoms with Crippen molar-refractivity contribution in [2.75, 3.05) is 29.4 Å². The van der Waals surface area contributed by atoms with Crippen LogP contribution in [0.3, 0.4) is 0 Å². The first-order chi connectivity index (χ1) is 11.9. The molecule has 4 rings (SSSR count). The zero-order chi connectivity index (χ0) is 17.9. The van der Waals surface area contributed by atoms with E-state index in [1.54, 1.807) is 11.8 Å². The minimum absolute atomic E-state index is 0.0217. The first-order valence-electron chi connectivity index (χ1n) is 8.28. The molecule has 2 heterocycles. The van der Waals surface area contributed by atoms with Gasteiger partial charge in [0.25, 0.3) is 0 Å². The minimum Gasteiger partial charge on any atom is -0.475 e. The van der Waals surface area contributed by atoms with Crippen LogP contribution in [-0.2, 0) is 4.79 Å². The molecule has 2 aliphatic heterocycles. The number of fused-ring (bicyclic) bond motifs is 1. The van der Waals surface area contributed by atoms with Gasteiger partial charge in [-0.3, -0.25) is 0 Å². The molecule has 0 radical (unpaired) electrons. The number of hydrogen-bond donors (Lipinski definition) is 2. The minimum atomic E-state index is -1.29. The van der Waals surface area contributed by atoms with Gasteiger partial charge in [-0.2, -0.15) is 0 Å². The number of carboxylic acids is 1. The Morgan fingerprint density at radius 1 is 1.48 bits per heavy atom. The second-order valence-electron chi connectivity index (χ2n) is 6.90. The largest absolute Gasteiger partial charge is 0.475 e. The van der Waals surface area contributed by atoms with E-state index in [0.717, 1.165) is 18.9 Å². The molecular weight excluding hydrogens is 332 g/mol. The number of aliphatic carboxylic acids is 1. The fourth-order valence-electron chi connectivity index (χ4n) is 3.85. The molecule has 0 amide bonds. The Kier molecular flexibility index (Phi) is 3.44. The summed E-state index contributed by atoms with van der Waals surface area (Å²) in [5.74, 6) is -3.28. The van der Waals surface area contributed by atoms with Crippen molar-refractivity contribution >= 4 is 17.3 Å². The van der Waals surface area contributed by atoms with E-state index < -0.39 is 17.6 Å². The number of anilines is 2. The van der Waals surface area contributed by atoms with E-state index in [0.29, 0.717) is 19.6 Å². The molecule has 1 aromatic carbocycles.